The fourth-order valence-corrected chi connectivity index (χ4v) is 23.4. The molecule has 9 fully saturated rings. The van der Waals surface area contributed by atoms with Gasteiger partial charge in [0, 0.05) is 26.3 Å². The lowest BCUT2D eigenvalue weighted by Crippen LogP contribution is -2.52. The van der Waals surface area contributed by atoms with E-state index in [0.29, 0.717) is 64.8 Å². The first-order chi connectivity index (χ1) is 41.2. The Morgan fingerprint density at radius 2 is 0.989 bits per heavy atom. The van der Waals surface area contributed by atoms with Crippen molar-refractivity contribution >= 4 is 18.4 Å². The van der Waals surface area contributed by atoms with Crippen LogP contribution < -0.4 is 0 Å². The molecule has 0 radical (unpaired) electrons. The summed E-state index contributed by atoms with van der Waals surface area (Å²) in [4.78, 5) is 8.40. The van der Waals surface area contributed by atoms with Crippen LogP contribution in [0.15, 0.2) is 61.8 Å². The predicted molar refractivity (Wildman–Crippen MR) is 374 cm³/mol. The normalized spacial score (nSPS) is 42.1. The monoisotopic (exact) mass is 1290 g/mol. The number of allylic oxidation sites excluding steroid dienone is 3. The second kappa shape index (κ2) is 28.7. The van der Waals surface area contributed by atoms with Crippen LogP contribution in [-0.2, 0) is 31.8 Å². The summed E-state index contributed by atoms with van der Waals surface area (Å²) in [5.41, 5.74) is 5.71. The molecule has 2 aromatic rings. The molecule has 0 unspecified atom stereocenters. The Hall–Kier alpha value is -2.49. The lowest BCUT2D eigenvalue weighted by atomic mass is 9.48. The maximum absolute atomic E-state index is 12.0. The van der Waals surface area contributed by atoms with E-state index in [2.05, 4.69) is 141 Å². The standard InChI is InChI=1S/C28H52O4SSi.C24H39N3.C22H35N3O2.2CH4/c1-20-13-15-28(7,22(17-20)18-32-34(9,10)26(3,4)5)25-14-16-27(6)21(2)11-12-24(27)23(25)19-31-33(8,29)30;1-6-19-13-17(2)9-11-24(19,5)22-10-12-23(4)18(3)7-8-21(23)20(22)14-27-16-25-15-26-27;1-15-4-5-19-18(11-25-14-23-13-24-25)20(7-9-21(15,19)2)22(3)8-6-17(27)10-16(22)12-26;;/h20,22-25H,2,11-19H2,1,3-10H3;15-17,19-22H,3,6-14H2,1-2,4-5H3;13-14,16-20,26-27H,1,4-12H2,2-3H3;2*1H4/t20-,22+,23-,24-,25-,27+,28-;17-,19-,20-,21-,22-,23+,24-;16-,17+,18+,19+,20+,21-,22+;;/m001../s1. The van der Waals surface area contributed by atoms with E-state index >= 15 is 0 Å². The topological polar surface area (TPSA) is 154 Å². The van der Waals surface area contributed by atoms with Crippen molar-refractivity contribution in [2.75, 3.05) is 26.1 Å². The van der Waals surface area contributed by atoms with Crippen LogP contribution in [0.5, 0.6) is 0 Å². The Labute approximate surface area is 551 Å². The summed E-state index contributed by atoms with van der Waals surface area (Å²) < 4.78 is 40.6. The first-order valence-electron chi connectivity index (χ1n) is 35.6. The highest BCUT2D eigenvalue weighted by molar-refractivity contribution is 7.86. The largest absolute Gasteiger partial charge is 0.417 e. The minimum absolute atomic E-state index is 0. The number of aromatic nitrogens is 6. The van der Waals surface area contributed by atoms with E-state index in [1.54, 1.807) is 12.7 Å². The molecule has 9 aliphatic rings. The van der Waals surface area contributed by atoms with Gasteiger partial charge in [0.05, 0.1) is 19.0 Å². The molecule has 11 rings (SSSR count). The van der Waals surface area contributed by atoms with Crippen LogP contribution in [0.2, 0.25) is 18.1 Å². The van der Waals surface area contributed by atoms with E-state index in [1.807, 2.05) is 17.3 Å². The minimum atomic E-state index is -3.47. The van der Waals surface area contributed by atoms with Gasteiger partial charge in [0.25, 0.3) is 10.1 Å². The smallest absolute Gasteiger partial charge is 0.264 e. The number of rotatable bonds is 15. The van der Waals surface area contributed by atoms with Gasteiger partial charge in [-0.3, -0.25) is 13.5 Å². The zero-order valence-electron chi connectivity index (χ0n) is 58.3. The predicted octanol–water partition coefficient (Wildman–Crippen LogP) is 18.3. The summed E-state index contributed by atoms with van der Waals surface area (Å²) in [6.45, 7) is 50.4. The van der Waals surface area contributed by atoms with Crippen LogP contribution in [0, 0.1) is 115 Å². The fourth-order valence-electron chi connectivity index (χ4n) is 21.9. The molecule has 12 nitrogen and oxygen atoms in total. The van der Waals surface area contributed by atoms with Crippen molar-refractivity contribution in [1.82, 2.24) is 29.5 Å². The number of hydrogen-bond donors (Lipinski definition) is 2. The molecule has 0 spiro atoms. The van der Waals surface area contributed by atoms with E-state index < -0.39 is 18.4 Å². The van der Waals surface area contributed by atoms with Crippen molar-refractivity contribution in [3.05, 3.63) is 61.8 Å². The number of fused-ring (bicyclic) bond motifs is 3. The lowest BCUT2D eigenvalue weighted by molar-refractivity contribution is -0.0981. The second-order valence-corrected chi connectivity index (χ2v) is 41.1. The van der Waals surface area contributed by atoms with Gasteiger partial charge < -0.3 is 14.6 Å². The van der Waals surface area contributed by atoms with Crippen molar-refractivity contribution in [3.63, 3.8) is 0 Å². The second-order valence-electron chi connectivity index (χ2n) is 34.6. The molecule has 90 heavy (non-hydrogen) atoms. The van der Waals surface area contributed by atoms with Crippen molar-refractivity contribution in [2.45, 2.75) is 277 Å². The zero-order chi connectivity index (χ0) is 64.2. The Morgan fingerprint density at radius 3 is 1.39 bits per heavy atom. The number of aliphatic hydroxyl groups is 2. The number of nitrogens with zero attached hydrogens (tertiary/aromatic N) is 6. The van der Waals surface area contributed by atoms with Gasteiger partial charge >= 0.3 is 0 Å². The van der Waals surface area contributed by atoms with Crippen molar-refractivity contribution in [2.24, 2.45) is 115 Å². The summed E-state index contributed by atoms with van der Waals surface area (Å²) in [5.74, 6) is 8.29. The molecular weight excluding hydrogens is 1150 g/mol. The van der Waals surface area contributed by atoms with Gasteiger partial charge in [-0.05, 0) is 255 Å². The first-order valence-corrected chi connectivity index (χ1v) is 40.4. The Balaban J connectivity index is 0.000000191. The van der Waals surface area contributed by atoms with Gasteiger partial charge in [-0.15, -0.1) is 0 Å². The summed E-state index contributed by atoms with van der Waals surface area (Å²) >= 11 is 0. The van der Waals surface area contributed by atoms with Crippen LogP contribution in [-0.4, -0.2) is 88.7 Å². The van der Waals surface area contributed by atoms with Crippen molar-refractivity contribution < 1.29 is 27.2 Å². The van der Waals surface area contributed by atoms with Gasteiger partial charge in [0.15, 0.2) is 8.32 Å². The maximum atomic E-state index is 12.0. The van der Waals surface area contributed by atoms with Crippen molar-refractivity contribution in [3.8, 4) is 0 Å². The average molecular weight is 1290 g/mol. The molecule has 0 bridgehead atoms. The molecule has 0 saturated heterocycles. The third-order valence-electron chi connectivity index (χ3n) is 29.2. The van der Waals surface area contributed by atoms with Crippen LogP contribution in [0.4, 0.5) is 0 Å². The first kappa shape index (κ1) is 74.9. The van der Waals surface area contributed by atoms with E-state index in [0.717, 1.165) is 94.7 Å². The molecule has 9 aliphatic carbocycles. The minimum Gasteiger partial charge on any atom is -0.417 e. The van der Waals surface area contributed by atoms with Gasteiger partial charge in [0.2, 0.25) is 0 Å². The molecule has 14 heteroatoms. The number of aliphatic hydroxyl groups excluding tert-OH is 2. The van der Waals surface area contributed by atoms with E-state index in [-0.39, 0.29) is 66.1 Å². The lowest BCUT2D eigenvalue weighted by Gasteiger charge is -2.57. The molecular formula is C76H134N6O6SSi. The van der Waals surface area contributed by atoms with Gasteiger partial charge in [-0.2, -0.15) is 18.6 Å². The highest BCUT2D eigenvalue weighted by Crippen LogP contribution is 2.67. The molecule has 9 saturated carbocycles. The molecule has 2 heterocycles. The SMILES string of the molecule is C.C.C=C1CC[C@H]2[C@H](COS(C)(=O)=O)[C@@H]([C@@]3(C)CC[C@H](C)C[C@@H]3CO[Si](C)(C)C(C)(C)C)CC[C@]12C.C=C1CC[C@H]2[C@H](Cn3cncn3)[C@@H]([C@@]3(C)CC[C@H](C)C[C@@H]3CC)CC[C@]12C.C=C1CC[C@H]2[C@H](Cn3cncn3)[C@@H]([C@@]3(C)CC[C@H](O)C[C@@H]3CO)CC[C@]12C. The molecule has 0 amide bonds. The fraction of sp³-hybridized carbons (Fsp3) is 0.868. The molecule has 0 aliphatic heterocycles. The molecule has 2 N–H and O–H groups in total. The third kappa shape index (κ3) is 14.7. The van der Waals surface area contributed by atoms with Gasteiger partial charge in [-0.25, -0.2) is 9.97 Å². The molecule has 514 valence electrons. The zero-order valence-corrected chi connectivity index (χ0v) is 60.1. The van der Waals surface area contributed by atoms with Crippen molar-refractivity contribution in [1.29, 1.82) is 0 Å². The van der Waals surface area contributed by atoms with Crippen LogP contribution in [0.1, 0.15) is 239 Å². The molecule has 21 atom stereocenters. The maximum Gasteiger partial charge on any atom is 0.264 e. The Kier molecular flexibility index (Phi) is 23.9. The highest BCUT2D eigenvalue weighted by Gasteiger charge is 2.60. The Bertz CT molecular complexity index is 2690. The third-order valence-corrected chi connectivity index (χ3v) is 34.2. The van der Waals surface area contributed by atoms with Gasteiger partial charge in [-0.1, -0.05) is 154 Å². The summed E-state index contributed by atoms with van der Waals surface area (Å²) in [5, 5.41) is 29.5. The number of hydrogen-bond acceptors (Lipinski definition) is 10. The van der Waals surface area contributed by atoms with Crippen LogP contribution >= 0.6 is 0 Å². The Morgan fingerprint density at radius 1 is 0.589 bits per heavy atom. The van der Waals surface area contributed by atoms with E-state index in [1.165, 1.54) is 113 Å². The summed E-state index contributed by atoms with van der Waals surface area (Å²) in [6, 6.07) is 0. The average Bonchev–Trinajstić information content (AvgIpc) is 1.33. The van der Waals surface area contributed by atoms with Gasteiger partial charge in [0.1, 0.15) is 25.3 Å². The van der Waals surface area contributed by atoms with Crippen LogP contribution in [0.25, 0.3) is 0 Å². The van der Waals surface area contributed by atoms with E-state index in [4.69, 9.17) is 8.61 Å². The van der Waals surface area contributed by atoms with E-state index in [9.17, 15) is 18.6 Å². The van der Waals surface area contributed by atoms with Crippen LogP contribution in [0.3, 0.4) is 0 Å². The molecule has 0 aromatic carbocycles. The summed E-state index contributed by atoms with van der Waals surface area (Å²) in [6.07, 6.45) is 34.3. The quantitative estimate of drug-likeness (QED) is 0.100. The molecule has 2 aromatic heterocycles. The summed E-state index contributed by atoms with van der Waals surface area (Å²) in [7, 11) is -5.31. The highest BCUT2D eigenvalue weighted by atomic mass is 32.2.